The van der Waals surface area contributed by atoms with Gasteiger partial charge in [-0.05, 0) is 56.2 Å². The van der Waals surface area contributed by atoms with Gasteiger partial charge in [0.05, 0.1) is 9.79 Å². The van der Waals surface area contributed by atoms with E-state index in [4.69, 9.17) is 9.84 Å². The molecule has 1 saturated heterocycles. The number of likely N-dealkylation sites (tertiary alicyclic amines) is 1. The molecule has 6 nitrogen and oxygen atoms in total. The predicted molar refractivity (Wildman–Crippen MR) is 106 cm³/mol. The Hall–Kier alpha value is -2.54. The molecule has 1 fully saturated rings. The quantitative estimate of drug-likeness (QED) is 0.835. The van der Waals surface area contributed by atoms with Crippen molar-refractivity contribution in [1.29, 1.82) is 0 Å². The molecule has 1 aliphatic heterocycles. The summed E-state index contributed by atoms with van der Waals surface area (Å²) in [5.74, 6) is 0.588. The molecule has 0 saturated carbocycles. The van der Waals surface area contributed by atoms with Crippen molar-refractivity contribution in [3.8, 4) is 5.75 Å². The SMILES string of the molecule is Cc1cc(C)c(S(=O)(=O)c2ccc(OC3CCN(C(=O)O)CC3)cc2)c(C)c1. The van der Waals surface area contributed by atoms with Gasteiger partial charge in [-0.1, -0.05) is 17.7 Å². The third kappa shape index (κ3) is 4.14. The molecular weight excluding hydrogens is 378 g/mol. The number of benzene rings is 2. The number of amides is 1. The predicted octanol–water partition coefficient (Wildman–Crippen LogP) is 3.97. The summed E-state index contributed by atoms with van der Waals surface area (Å²) in [6.07, 6.45) is 0.261. The van der Waals surface area contributed by atoms with Gasteiger partial charge in [0, 0.05) is 25.9 Å². The van der Waals surface area contributed by atoms with Crippen molar-refractivity contribution in [2.24, 2.45) is 0 Å². The number of rotatable bonds is 4. The van der Waals surface area contributed by atoms with E-state index in [1.807, 2.05) is 32.9 Å². The van der Waals surface area contributed by atoms with E-state index >= 15 is 0 Å². The van der Waals surface area contributed by atoms with E-state index in [0.29, 0.717) is 36.6 Å². The van der Waals surface area contributed by atoms with Gasteiger partial charge in [-0.25, -0.2) is 13.2 Å². The summed E-state index contributed by atoms with van der Waals surface area (Å²) in [7, 11) is -3.61. The van der Waals surface area contributed by atoms with Crippen molar-refractivity contribution < 1.29 is 23.1 Å². The Bertz CT molecular complexity index is 951. The normalized spacial score (nSPS) is 15.5. The number of sulfone groups is 1. The number of nitrogens with zero attached hydrogens (tertiary/aromatic N) is 1. The van der Waals surface area contributed by atoms with E-state index < -0.39 is 15.9 Å². The van der Waals surface area contributed by atoms with Crippen LogP contribution in [0.2, 0.25) is 0 Å². The number of piperidine rings is 1. The largest absolute Gasteiger partial charge is 0.490 e. The third-order valence-corrected chi connectivity index (χ3v) is 7.10. The van der Waals surface area contributed by atoms with Crippen molar-refractivity contribution in [1.82, 2.24) is 4.90 Å². The first-order valence-electron chi connectivity index (χ1n) is 9.26. The van der Waals surface area contributed by atoms with Crippen molar-refractivity contribution in [2.75, 3.05) is 13.1 Å². The lowest BCUT2D eigenvalue weighted by atomic mass is 10.1. The van der Waals surface area contributed by atoms with Crippen LogP contribution in [0.4, 0.5) is 4.79 Å². The van der Waals surface area contributed by atoms with E-state index in [9.17, 15) is 13.2 Å². The highest BCUT2D eigenvalue weighted by atomic mass is 32.2. The van der Waals surface area contributed by atoms with Gasteiger partial charge >= 0.3 is 6.09 Å². The van der Waals surface area contributed by atoms with Crippen LogP contribution in [0.3, 0.4) is 0 Å². The van der Waals surface area contributed by atoms with Gasteiger partial charge in [0.1, 0.15) is 11.9 Å². The third-order valence-electron chi connectivity index (χ3n) is 5.02. The zero-order chi connectivity index (χ0) is 20.5. The maximum absolute atomic E-state index is 13.1. The number of ether oxygens (including phenoxy) is 1. The van der Waals surface area contributed by atoms with Crippen LogP contribution in [0.1, 0.15) is 29.5 Å². The average molecular weight is 404 g/mol. The first-order chi connectivity index (χ1) is 13.2. The lowest BCUT2D eigenvalue weighted by molar-refractivity contribution is 0.0894. The standard InChI is InChI=1S/C21H25NO5S/c1-14-12-15(2)20(16(3)13-14)28(25,26)19-6-4-17(5-7-19)27-18-8-10-22(11-9-18)21(23)24/h4-7,12-13,18H,8-11H2,1-3H3,(H,23,24). The first kappa shape index (κ1) is 20.2. The maximum Gasteiger partial charge on any atom is 0.407 e. The molecule has 0 unspecified atom stereocenters. The summed E-state index contributed by atoms with van der Waals surface area (Å²) in [6.45, 7) is 6.46. The molecule has 2 aromatic carbocycles. The lowest BCUT2D eigenvalue weighted by Gasteiger charge is -2.30. The van der Waals surface area contributed by atoms with E-state index in [0.717, 1.165) is 16.7 Å². The molecule has 1 amide bonds. The Morgan fingerprint density at radius 1 is 1.04 bits per heavy atom. The number of aryl methyl sites for hydroxylation is 3. The smallest absolute Gasteiger partial charge is 0.407 e. The van der Waals surface area contributed by atoms with Gasteiger partial charge in [-0.3, -0.25) is 0 Å². The molecule has 28 heavy (non-hydrogen) atoms. The van der Waals surface area contributed by atoms with Crippen LogP contribution in [-0.4, -0.2) is 43.7 Å². The van der Waals surface area contributed by atoms with Crippen LogP contribution in [0.25, 0.3) is 0 Å². The zero-order valence-electron chi connectivity index (χ0n) is 16.3. The summed E-state index contributed by atoms with van der Waals surface area (Å²) in [4.78, 5) is 12.9. The monoisotopic (exact) mass is 403 g/mol. The van der Waals surface area contributed by atoms with Gasteiger partial charge in [0.2, 0.25) is 9.84 Å². The van der Waals surface area contributed by atoms with Crippen LogP contribution in [-0.2, 0) is 9.84 Å². The number of carbonyl (C=O) groups is 1. The summed E-state index contributed by atoms with van der Waals surface area (Å²) in [5.41, 5.74) is 2.51. The van der Waals surface area contributed by atoms with Crippen molar-refractivity contribution in [2.45, 2.75) is 49.5 Å². The van der Waals surface area contributed by atoms with Gasteiger partial charge in [0.25, 0.3) is 0 Å². The number of carboxylic acid groups (broad SMARTS) is 1. The Morgan fingerprint density at radius 3 is 2.07 bits per heavy atom. The molecule has 0 radical (unpaired) electrons. The Balaban J connectivity index is 1.75. The Labute approximate surface area is 165 Å². The lowest BCUT2D eigenvalue weighted by Crippen LogP contribution is -2.41. The average Bonchev–Trinajstić information content (AvgIpc) is 2.61. The molecule has 150 valence electrons. The minimum Gasteiger partial charge on any atom is -0.490 e. The fourth-order valence-corrected chi connectivity index (χ4v) is 5.46. The van der Waals surface area contributed by atoms with E-state index in [1.54, 1.807) is 24.3 Å². The minimum absolute atomic E-state index is 0.0698. The molecular formula is C21H25NO5S. The fraction of sp³-hybridized carbons (Fsp3) is 0.381. The van der Waals surface area contributed by atoms with Crippen molar-refractivity contribution >= 4 is 15.9 Å². The summed E-state index contributed by atoms with van der Waals surface area (Å²) in [6, 6.07) is 10.2. The molecule has 0 aromatic heterocycles. The Morgan fingerprint density at radius 2 is 1.57 bits per heavy atom. The van der Waals surface area contributed by atoms with Gasteiger partial charge in [0.15, 0.2) is 0 Å². The van der Waals surface area contributed by atoms with Gasteiger partial charge < -0.3 is 14.7 Å². The zero-order valence-corrected chi connectivity index (χ0v) is 17.1. The number of hydrogen-bond acceptors (Lipinski definition) is 4. The van der Waals surface area contributed by atoms with Crippen molar-refractivity contribution in [3.05, 3.63) is 53.1 Å². The second-order valence-corrected chi connectivity index (χ2v) is 9.18. The highest BCUT2D eigenvalue weighted by Crippen LogP contribution is 2.29. The first-order valence-corrected chi connectivity index (χ1v) is 10.7. The summed E-state index contributed by atoms with van der Waals surface area (Å²) >= 11 is 0. The molecule has 7 heteroatoms. The molecule has 0 atom stereocenters. The second kappa shape index (κ2) is 7.83. The minimum atomic E-state index is -3.61. The molecule has 1 N–H and O–H groups in total. The molecule has 0 spiro atoms. The summed E-state index contributed by atoms with van der Waals surface area (Å²) in [5, 5.41) is 9.00. The van der Waals surface area contributed by atoms with Crippen LogP contribution in [0.15, 0.2) is 46.2 Å². The molecule has 3 rings (SSSR count). The van der Waals surface area contributed by atoms with Crippen LogP contribution in [0, 0.1) is 20.8 Å². The Kier molecular flexibility index (Phi) is 5.65. The highest BCUT2D eigenvalue weighted by Gasteiger charge is 2.25. The van der Waals surface area contributed by atoms with Crippen LogP contribution in [0.5, 0.6) is 5.75 Å². The van der Waals surface area contributed by atoms with E-state index in [-0.39, 0.29) is 11.0 Å². The van der Waals surface area contributed by atoms with E-state index in [1.165, 1.54) is 4.90 Å². The van der Waals surface area contributed by atoms with Gasteiger partial charge in [-0.2, -0.15) is 0 Å². The summed E-state index contributed by atoms with van der Waals surface area (Å²) < 4.78 is 32.1. The van der Waals surface area contributed by atoms with Gasteiger partial charge in [-0.15, -0.1) is 0 Å². The van der Waals surface area contributed by atoms with E-state index in [2.05, 4.69) is 0 Å². The molecule has 0 aliphatic carbocycles. The van der Waals surface area contributed by atoms with Crippen molar-refractivity contribution in [3.63, 3.8) is 0 Å². The highest BCUT2D eigenvalue weighted by molar-refractivity contribution is 7.91. The second-order valence-electron chi connectivity index (χ2n) is 7.29. The number of hydrogen-bond donors (Lipinski definition) is 1. The van der Waals surface area contributed by atoms with Crippen LogP contribution < -0.4 is 4.74 Å². The maximum atomic E-state index is 13.1. The molecule has 1 aliphatic rings. The molecule has 1 heterocycles. The van der Waals surface area contributed by atoms with Crippen LogP contribution >= 0.6 is 0 Å². The molecule has 2 aromatic rings. The molecule has 0 bridgehead atoms. The topological polar surface area (TPSA) is 83.9 Å². The fourth-order valence-electron chi connectivity index (χ4n) is 3.76.